The number of rotatable bonds is 9. The van der Waals surface area contributed by atoms with Gasteiger partial charge in [-0.2, -0.15) is 0 Å². The summed E-state index contributed by atoms with van der Waals surface area (Å²) < 4.78 is 11.0. The fourth-order valence-corrected chi connectivity index (χ4v) is 3.41. The summed E-state index contributed by atoms with van der Waals surface area (Å²) in [5.41, 5.74) is 6.55. The van der Waals surface area contributed by atoms with Crippen LogP contribution in [-0.4, -0.2) is 24.7 Å². The maximum absolute atomic E-state index is 11.0. The second-order valence-corrected chi connectivity index (χ2v) is 8.63. The zero-order valence-electron chi connectivity index (χ0n) is 16.2. The van der Waals surface area contributed by atoms with E-state index in [9.17, 15) is 4.79 Å². The molecule has 1 aromatic carbocycles. The van der Waals surface area contributed by atoms with Crippen molar-refractivity contribution in [3.8, 4) is 11.5 Å². The third-order valence-electron chi connectivity index (χ3n) is 3.60. The summed E-state index contributed by atoms with van der Waals surface area (Å²) in [6.07, 6.45) is 1.09. The van der Waals surface area contributed by atoms with Crippen LogP contribution in [0.2, 0.25) is 5.02 Å². The molecule has 142 valence electrons. The molecule has 0 aliphatic rings. The van der Waals surface area contributed by atoms with E-state index in [0.29, 0.717) is 23.1 Å². The van der Waals surface area contributed by atoms with Crippen molar-refractivity contribution in [3.63, 3.8) is 0 Å². The van der Waals surface area contributed by atoms with Crippen molar-refractivity contribution >= 4 is 17.5 Å². The predicted octanol–water partition coefficient (Wildman–Crippen LogP) is 2.88. The first-order valence-corrected chi connectivity index (χ1v) is 9.02. The molecule has 0 atom stereocenters. The van der Waals surface area contributed by atoms with Gasteiger partial charge in [0.1, 0.15) is 6.54 Å². The zero-order valence-corrected chi connectivity index (χ0v) is 17.0. The molecule has 6 heteroatoms. The zero-order chi connectivity index (χ0) is 19.3. The summed E-state index contributed by atoms with van der Waals surface area (Å²) in [5, 5.41) is 2.73. The van der Waals surface area contributed by atoms with Crippen LogP contribution in [-0.2, 0) is 11.3 Å². The Hall–Kier alpha value is -1.46. The monoisotopic (exact) mass is 371 g/mol. The lowest BCUT2D eigenvalue weighted by Gasteiger charge is -2.30. The number of nitrogens with two attached hydrogens (primary N) is 2. The Morgan fingerprint density at radius 2 is 1.84 bits per heavy atom. The predicted molar refractivity (Wildman–Crippen MR) is 101 cm³/mol. The van der Waals surface area contributed by atoms with Crippen molar-refractivity contribution in [1.29, 1.82) is 0 Å². The molecule has 0 heterocycles. The van der Waals surface area contributed by atoms with E-state index in [4.69, 9.17) is 26.8 Å². The van der Waals surface area contributed by atoms with E-state index in [1.54, 1.807) is 0 Å². The molecule has 0 bridgehead atoms. The van der Waals surface area contributed by atoms with Crippen LogP contribution in [0.5, 0.6) is 11.5 Å². The van der Waals surface area contributed by atoms with Crippen LogP contribution in [0, 0.1) is 5.41 Å². The first-order chi connectivity index (χ1) is 11.4. The third-order valence-corrected chi connectivity index (χ3v) is 3.88. The van der Waals surface area contributed by atoms with Gasteiger partial charge in [0.15, 0.2) is 18.1 Å². The van der Waals surface area contributed by atoms with E-state index in [1.807, 2.05) is 19.1 Å². The molecule has 0 saturated carbocycles. The number of hydrogen-bond donors (Lipinski definition) is 2. The quantitative estimate of drug-likeness (QED) is 0.700. The molecular formula is C19H32ClN2O3+. The first-order valence-electron chi connectivity index (χ1n) is 8.64. The van der Waals surface area contributed by atoms with Crippen molar-refractivity contribution in [2.45, 2.75) is 60.0 Å². The molecule has 0 radical (unpaired) electrons. The summed E-state index contributed by atoms with van der Waals surface area (Å²) >= 11 is 6.34. The highest BCUT2D eigenvalue weighted by Gasteiger charge is 2.28. The summed E-state index contributed by atoms with van der Waals surface area (Å²) in [7, 11) is 0. The van der Waals surface area contributed by atoms with Crippen LogP contribution in [0.1, 0.15) is 53.5 Å². The molecule has 0 unspecified atom stereocenters. The van der Waals surface area contributed by atoms with Crippen molar-refractivity contribution in [2.75, 3.05) is 13.2 Å². The second kappa shape index (κ2) is 8.77. The van der Waals surface area contributed by atoms with E-state index >= 15 is 0 Å². The van der Waals surface area contributed by atoms with Crippen molar-refractivity contribution in [2.24, 2.45) is 11.1 Å². The normalized spacial score (nSPS) is 12.1. The summed E-state index contributed by atoms with van der Waals surface area (Å²) in [6, 6.07) is 3.76. The SMILES string of the molecule is CCOc1cc(C[NH2+]C(C)(C)CC(C)(C)C)cc(Cl)c1OCC(N)=O. The average Bonchev–Trinajstić information content (AvgIpc) is 2.42. The fourth-order valence-electron chi connectivity index (χ4n) is 3.12. The number of ether oxygens (including phenoxy) is 2. The van der Waals surface area contributed by atoms with Gasteiger partial charge in [-0.3, -0.25) is 4.79 Å². The molecule has 0 saturated heterocycles. The largest absolute Gasteiger partial charge is 0.490 e. The molecule has 1 aromatic rings. The van der Waals surface area contributed by atoms with Gasteiger partial charge in [0.25, 0.3) is 5.91 Å². The fraction of sp³-hybridized carbons (Fsp3) is 0.632. The lowest BCUT2D eigenvalue weighted by Crippen LogP contribution is -2.94. The van der Waals surface area contributed by atoms with Gasteiger partial charge in [-0.15, -0.1) is 0 Å². The van der Waals surface area contributed by atoms with Crippen molar-refractivity contribution in [3.05, 3.63) is 22.7 Å². The minimum atomic E-state index is -0.556. The number of quaternary nitrogens is 1. The highest BCUT2D eigenvalue weighted by atomic mass is 35.5. The van der Waals surface area contributed by atoms with E-state index in [2.05, 4.69) is 39.9 Å². The van der Waals surface area contributed by atoms with E-state index < -0.39 is 5.91 Å². The van der Waals surface area contributed by atoms with Gasteiger partial charge < -0.3 is 20.5 Å². The van der Waals surface area contributed by atoms with Crippen LogP contribution in [0.25, 0.3) is 0 Å². The van der Waals surface area contributed by atoms with Gasteiger partial charge in [0, 0.05) is 12.0 Å². The Kier molecular flexibility index (Phi) is 7.57. The highest BCUT2D eigenvalue weighted by Crippen LogP contribution is 2.36. The van der Waals surface area contributed by atoms with E-state index in [0.717, 1.165) is 18.5 Å². The van der Waals surface area contributed by atoms with Crippen LogP contribution >= 0.6 is 11.6 Å². The summed E-state index contributed by atoms with van der Waals surface area (Å²) in [4.78, 5) is 11.0. The Morgan fingerprint density at radius 3 is 2.36 bits per heavy atom. The van der Waals surface area contributed by atoms with Gasteiger partial charge in [-0.25, -0.2) is 0 Å². The number of amides is 1. The number of benzene rings is 1. The Balaban J connectivity index is 2.92. The van der Waals surface area contributed by atoms with Gasteiger partial charge in [0.2, 0.25) is 0 Å². The van der Waals surface area contributed by atoms with Crippen LogP contribution in [0.4, 0.5) is 0 Å². The number of primary amides is 1. The van der Waals surface area contributed by atoms with Crippen LogP contribution in [0.15, 0.2) is 12.1 Å². The molecule has 0 aromatic heterocycles. The molecule has 25 heavy (non-hydrogen) atoms. The lowest BCUT2D eigenvalue weighted by atomic mass is 9.82. The topological polar surface area (TPSA) is 78.2 Å². The van der Waals surface area contributed by atoms with Crippen molar-refractivity contribution < 1.29 is 19.6 Å². The van der Waals surface area contributed by atoms with Gasteiger partial charge in [-0.1, -0.05) is 32.4 Å². The maximum atomic E-state index is 11.0. The molecule has 1 rings (SSSR count). The van der Waals surface area contributed by atoms with Crippen molar-refractivity contribution in [1.82, 2.24) is 0 Å². The molecule has 0 spiro atoms. The Bertz CT molecular complexity index is 595. The number of carbonyl (C=O) groups excluding carboxylic acids is 1. The molecule has 0 aliphatic heterocycles. The Labute approximate surface area is 156 Å². The highest BCUT2D eigenvalue weighted by molar-refractivity contribution is 6.32. The molecular weight excluding hydrogens is 340 g/mol. The maximum Gasteiger partial charge on any atom is 0.255 e. The third kappa shape index (κ3) is 7.97. The molecule has 0 fully saturated rings. The molecule has 5 nitrogen and oxygen atoms in total. The standard InChI is InChI=1S/C19H31ClN2O3/c1-7-24-15-9-13(8-14(20)17(15)25-11-16(21)23)10-22-19(5,6)12-18(2,3)4/h8-9,22H,7,10-12H2,1-6H3,(H2,21,23)/p+1. The lowest BCUT2D eigenvalue weighted by molar-refractivity contribution is -0.737. The van der Waals surface area contributed by atoms with E-state index in [-0.39, 0.29) is 17.6 Å². The number of hydrogen-bond acceptors (Lipinski definition) is 3. The van der Waals surface area contributed by atoms with Gasteiger partial charge in [0.05, 0.1) is 17.2 Å². The van der Waals surface area contributed by atoms with E-state index in [1.165, 1.54) is 0 Å². The second-order valence-electron chi connectivity index (χ2n) is 8.23. The minimum absolute atomic E-state index is 0.109. The van der Waals surface area contributed by atoms with Crippen LogP contribution in [0.3, 0.4) is 0 Å². The van der Waals surface area contributed by atoms with Gasteiger partial charge >= 0.3 is 0 Å². The smallest absolute Gasteiger partial charge is 0.255 e. The first kappa shape index (κ1) is 21.6. The summed E-state index contributed by atoms with van der Waals surface area (Å²) in [5.74, 6) is 0.341. The minimum Gasteiger partial charge on any atom is -0.490 e. The van der Waals surface area contributed by atoms with Crippen LogP contribution < -0.4 is 20.5 Å². The Morgan fingerprint density at radius 1 is 1.20 bits per heavy atom. The average molecular weight is 372 g/mol. The van der Waals surface area contributed by atoms with Gasteiger partial charge in [-0.05, 0) is 38.3 Å². The molecule has 1 amide bonds. The number of carbonyl (C=O) groups is 1. The number of halogens is 1. The summed E-state index contributed by atoms with van der Waals surface area (Å²) in [6.45, 7) is 14.1. The molecule has 4 N–H and O–H groups in total. The molecule has 0 aliphatic carbocycles.